The van der Waals surface area contributed by atoms with E-state index in [-0.39, 0.29) is 6.61 Å². The molecule has 0 saturated carbocycles. The van der Waals surface area contributed by atoms with E-state index in [1.54, 1.807) is 0 Å². The second-order valence-corrected chi connectivity index (χ2v) is 3.70. The normalized spacial score (nSPS) is 10.5. The topological polar surface area (TPSA) is 24.1 Å². The SMILES string of the molecule is CCCCc1cc[n+](CCO)c(C)c1. The van der Waals surface area contributed by atoms with E-state index in [9.17, 15) is 0 Å². The van der Waals surface area contributed by atoms with Gasteiger partial charge < -0.3 is 5.11 Å². The fourth-order valence-electron chi connectivity index (χ4n) is 1.60. The van der Waals surface area contributed by atoms with E-state index >= 15 is 0 Å². The molecule has 0 aliphatic carbocycles. The Morgan fingerprint density at radius 2 is 2.21 bits per heavy atom. The lowest BCUT2D eigenvalue weighted by molar-refractivity contribution is -0.704. The molecule has 0 bridgehead atoms. The van der Waals surface area contributed by atoms with Crippen LogP contribution in [0.1, 0.15) is 31.0 Å². The number of aromatic nitrogens is 1. The van der Waals surface area contributed by atoms with Crippen molar-refractivity contribution < 1.29 is 9.67 Å². The molecule has 0 fully saturated rings. The van der Waals surface area contributed by atoms with Crippen LogP contribution in [0, 0.1) is 6.92 Å². The second kappa shape index (κ2) is 5.76. The highest BCUT2D eigenvalue weighted by atomic mass is 16.3. The van der Waals surface area contributed by atoms with Crippen LogP contribution in [0.15, 0.2) is 18.3 Å². The first-order valence-corrected chi connectivity index (χ1v) is 5.37. The van der Waals surface area contributed by atoms with Crippen molar-refractivity contribution in [2.45, 2.75) is 39.7 Å². The van der Waals surface area contributed by atoms with Crippen LogP contribution < -0.4 is 4.57 Å². The van der Waals surface area contributed by atoms with Gasteiger partial charge in [0.05, 0.1) is 0 Å². The van der Waals surface area contributed by atoms with Gasteiger partial charge in [0.25, 0.3) is 0 Å². The minimum atomic E-state index is 0.208. The van der Waals surface area contributed by atoms with Crippen molar-refractivity contribution in [2.24, 2.45) is 0 Å². The summed E-state index contributed by atoms with van der Waals surface area (Å²) < 4.78 is 2.08. The molecule has 0 unspecified atom stereocenters. The summed E-state index contributed by atoms with van der Waals surface area (Å²) in [6.07, 6.45) is 5.72. The van der Waals surface area contributed by atoms with Gasteiger partial charge in [-0.3, -0.25) is 0 Å². The number of hydrogen-bond donors (Lipinski definition) is 1. The third-order valence-corrected chi connectivity index (χ3v) is 2.48. The van der Waals surface area contributed by atoms with Gasteiger partial charge in [0.1, 0.15) is 6.61 Å². The summed E-state index contributed by atoms with van der Waals surface area (Å²) in [4.78, 5) is 0. The summed E-state index contributed by atoms with van der Waals surface area (Å²) >= 11 is 0. The number of aryl methyl sites for hydroxylation is 2. The van der Waals surface area contributed by atoms with Gasteiger partial charge >= 0.3 is 0 Å². The van der Waals surface area contributed by atoms with Crippen molar-refractivity contribution in [1.82, 2.24) is 0 Å². The molecule has 0 aliphatic rings. The minimum absolute atomic E-state index is 0.208. The van der Waals surface area contributed by atoms with Crippen LogP contribution in [0.2, 0.25) is 0 Å². The average Bonchev–Trinajstić information content (AvgIpc) is 2.19. The van der Waals surface area contributed by atoms with E-state index in [0.29, 0.717) is 6.54 Å². The number of aliphatic hydroxyl groups excluding tert-OH is 1. The molecule has 1 aromatic heterocycles. The van der Waals surface area contributed by atoms with Crippen molar-refractivity contribution in [3.8, 4) is 0 Å². The van der Waals surface area contributed by atoms with Crippen LogP contribution >= 0.6 is 0 Å². The van der Waals surface area contributed by atoms with Crippen molar-refractivity contribution in [3.63, 3.8) is 0 Å². The van der Waals surface area contributed by atoms with Gasteiger partial charge in [-0.05, 0) is 18.4 Å². The summed E-state index contributed by atoms with van der Waals surface area (Å²) in [6, 6.07) is 4.36. The maximum atomic E-state index is 8.83. The number of nitrogens with zero attached hydrogens (tertiary/aromatic N) is 1. The standard InChI is InChI=1S/C12H20NO/c1-3-4-5-12-6-7-13(8-9-14)11(2)10-12/h6-7,10,14H,3-5,8-9H2,1-2H3/q+1. The lowest BCUT2D eigenvalue weighted by atomic mass is 10.1. The van der Waals surface area contributed by atoms with Gasteiger partial charge in [-0.25, -0.2) is 4.57 Å². The molecule has 1 rings (SSSR count). The highest BCUT2D eigenvalue weighted by Crippen LogP contribution is 2.04. The van der Waals surface area contributed by atoms with Gasteiger partial charge in [-0.15, -0.1) is 0 Å². The first-order chi connectivity index (χ1) is 6.77. The Balaban J connectivity index is 2.68. The molecule has 0 aliphatic heterocycles. The first-order valence-electron chi connectivity index (χ1n) is 5.37. The zero-order chi connectivity index (χ0) is 10.4. The summed E-state index contributed by atoms with van der Waals surface area (Å²) in [5, 5.41) is 8.83. The van der Waals surface area contributed by atoms with E-state index in [1.807, 2.05) is 0 Å². The third kappa shape index (κ3) is 3.11. The highest BCUT2D eigenvalue weighted by molar-refractivity contribution is 5.11. The molecule has 0 radical (unpaired) electrons. The van der Waals surface area contributed by atoms with Crippen molar-refractivity contribution in [3.05, 3.63) is 29.6 Å². The van der Waals surface area contributed by atoms with Crippen LogP contribution in [0.25, 0.3) is 0 Å². The molecular formula is C12H20NO+. The molecule has 1 heterocycles. The molecule has 0 atom stereocenters. The van der Waals surface area contributed by atoms with E-state index in [2.05, 4.69) is 36.7 Å². The zero-order valence-corrected chi connectivity index (χ0v) is 9.16. The van der Waals surface area contributed by atoms with Gasteiger partial charge in [-0.1, -0.05) is 13.3 Å². The Morgan fingerprint density at radius 3 is 2.79 bits per heavy atom. The minimum Gasteiger partial charge on any atom is -0.390 e. The maximum absolute atomic E-state index is 8.83. The first kappa shape index (κ1) is 11.2. The van der Waals surface area contributed by atoms with Crippen molar-refractivity contribution >= 4 is 0 Å². The van der Waals surface area contributed by atoms with Crippen LogP contribution in [0.3, 0.4) is 0 Å². The van der Waals surface area contributed by atoms with Gasteiger partial charge in [0.2, 0.25) is 0 Å². The van der Waals surface area contributed by atoms with Crippen LogP contribution in [0.4, 0.5) is 0 Å². The van der Waals surface area contributed by atoms with E-state index in [1.165, 1.54) is 24.1 Å². The largest absolute Gasteiger partial charge is 0.390 e. The highest BCUT2D eigenvalue weighted by Gasteiger charge is 2.05. The molecule has 2 heteroatoms. The third-order valence-electron chi connectivity index (χ3n) is 2.48. The van der Waals surface area contributed by atoms with Gasteiger partial charge in [-0.2, -0.15) is 0 Å². The molecule has 0 amide bonds. The lowest BCUT2D eigenvalue weighted by Crippen LogP contribution is -2.38. The van der Waals surface area contributed by atoms with E-state index < -0.39 is 0 Å². The zero-order valence-electron chi connectivity index (χ0n) is 9.16. The molecule has 0 saturated heterocycles. The molecule has 0 aromatic carbocycles. The number of aliphatic hydroxyl groups is 1. The monoisotopic (exact) mass is 194 g/mol. The molecule has 0 spiro atoms. The molecule has 78 valence electrons. The van der Waals surface area contributed by atoms with Crippen LogP contribution in [0.5, 0.6) is 0 Å². The predicted octanol–water partition coefficient (Wildman–Crippen LogP) is 1.62. The Hall–Kier alpha value is -0.890. The average molecular weight is 194 g/mol. The maximum Gasteiger partial charge on any atom is 0.178 e. The summed E-state index contributed by atoms with van der Waals surface area (Å²) in [5.41, 5.74) is 2.63. The fraction of sp³-hybridized carbons (Fsp3) is 0.583. The number of unbranched alkanes of at least 4 members (excludes halogenated alkanes) is 1. The summed E-state index contributed by atoms with van der Waals surface area (Å²) in [7, 11) is 0. The van der Waals surface area contributed by atoms with Gasteiger partial charge in [0.15, 0.2) is 18.4 Å². The summed E-state index contributed by atoms with van der Waals surface area (Å²) in [5.74, 6) is 0. The Morgan fingerprint density at radius 1 is 1.43 bits per heavy atom. The second-order valence-electron chi connectivity index (χ2n) is 3.70. The Labute approximate surface area is 86.2 Å². The molecule has 1 N–H and O–H groups in total. The number of rotatable bonds is 5. The summed E-state index contributed by atoms with van der Waals surface area (Å²) in [6.45, 7) is 5.20. The molecule has 1 aromatic rings. The fourth-order valence-corrected chi connectivity index (χ4v) is 1.60. The molecule has 14 heavy (non-hydrogen) atoms. The van der Waals surface area contributed by atoms with Crippen LogP contribution in [-0.2, 0) is 13.0 Å². The quantitative estimate of drug-likeness (QED) is 0.708. The lowest BCUT2D eigenvalue weighted by Gasteiger charge is -2.02. The number of pyridine rings is 1. The predicted molar refractivity (Wildman–Crippen MR) is 57.1 cm³/mol. The molecular weight excluding hydrogens is 174 g/mol. The van der Waals surface area contributed by atoms with E-state index in [0.717, 1.165) is 6.42 Å². The van der Waals surface area contributed by atoms with Crippen molar-refractivity contribution in [1.29, 1.82) is 0 Å². The van der Waals surface area contributed by atoms with Crippen molar-refractivity contribution in [2.75, 3.05) is 6.61 Å². The Kier molecular flexibility index (Phi) is 4.60. The smallest absolute Gasteiger partial charge is 0.178 e. The molecule has 2 nitrogen and oxygen atoms in total. The van der Waals surface area contributed by atoms with E-state index in [4.69, 9.17) is 5.11 Å². The Bertz CT molecular complexity index is 284. The van der Waals surface area contributed by atoms with Crippen LogP contribution in [-0.4, -0.2) is 11.7 Å². The number of hydrogen-bond acceptors (Lipinski definition) is 1. The van der Waals surface area contributed by atoms with Gasteiger partial charge in [0, 0.05) is 19.1 Å².